The summed E-state index contributed by atoms with van der Waals surface area (Å²) >= 11 is 0. The van der Waals surface area contributed by atoms with E-state index < -0.39 is 89.8 Å². The Labute approximate surface area is 463 Å². The van der Waals surface area contributed by atoms with Gasteiger partial charge in [0, 0.05) is 25.2 Å². The van der Waals surface area contributed by atoms with E-state index in [1.807, 2.05) is 19.1 Å². The Morgan fingerprint density at radius 1 is 0.654 bits per heavy atom. The second kappa shape index (κ2) is 27.9. The number of benzene rings is 2. The van der Waals surface area contributed by atoms with E-state index in [4.69, 9.17) is 24.5 Å². The summed E-state index contributed by atoms with van der Waals surface area (Å²) in [5.74, 6) is -2.40. The molecule has 0 radical (unpaired) electrons. The number of alkyl carbamates (subject to hydrolysis) is 2. The van der Waals surface area contributed by atoms with E-state index >= 15 is 0 Å². The molecule has 19 nitrogen and oxygen atoms in total. The van der Waals surface area contributed by atoms with Crippen molar-refractivity contribution < 1.29 is 52.3 Å². The summed E-state index contributed by atoms with van der Waals surface area (Å²) in [7, 11) is -0.703. The van der Waals surface area contributed by atoms with E-state index in [0.29, 0.717) is 43.1 Å². The minimum absolute atomic E-state index is 0.0276. The van der Waals surface area contributed by atoms with Gasteiger partial charge in [-0.1, -0.05) is 63.6 Å². The summed E-state index contributed by atoms with van der Waals surface area (Å²) < 4.78 is 23.7. The fraction of sp³-hybridized carbons (Fsp3) is 0.672. The fourth-order valence-electron chi connectivity index (χ4n) is 10.6. The maximum atomic E-state index is 14.1. The molecular formula is C58H91BN8O11. The first kappa shape index (κ1) is 63.1. The number of nitrogens with one attached hydrogen (secondary N) is 7. The highest BCUT2D eigenvalue weighted by molar-refractivity contribution is 6.47. The van der Waals surface area contributed by atoms with Gasteiger partial charge in [0.2, 0.25) is 23.6 Å². The van der Waals surface area contributed by atoms with E-state index in [9.17, 15) is 33.6 Å². The second-order valence-electron chi connectivity index (χ2n) is 24.4. The van der Waals surface area contributed by atoms with Crippen LogP contribution in [0, 0.1) is 17.3 Å². The number of carbonyl (C=O) groups is 7. The Hall–Kier alpha value is -5.73. The molecule has 6 rings (SSSR count). The van der Waals surface area contributed by atoms with Crippen LogP contribution in [0.1, 0.15) is 170 Å². The lowest BCUT2D eigenvalue weighted by molar-refractivity contribution is -0.199. The van der Waals surface area contributed by atoms with Crippen LogP contribution in [0.15, 0.2) is 48.5 Å². The van der Waals surface area contributed by atoms with E-state index in [1.54, 1.807) is 53.7 Å². The number of amides is 7. The minimum atomic E-state index is -1.17. The van der Waals surface area contributed by atoms with Gasteiger partial charge in [-0.25, -0.2) is 9.59 Å². The summed E-state index contributed by atoms with van der Waals surface area (Å²) in [5.41, 5.74) is 8.34. The van der Waals surface area contributed by atoms with Crippen molar-refractivity contribution in [3.8, 4) is 11.1 Å². The zero-order valence-electron chi connectivity index (χ0n) is 48.5. The SMILES string of the molecule is CCCCc1ccc(-c2ccc(C(=O)NCCCC[C@H](NC(=O)[C@@H](N)CCNC(=O)OC(C)(C)C)C(=O)N[C@@H](C)C(=O)N[C@@H](CCCCNC(=O)OC(C)(C)C)C(=O)N[C@@H](C)B3OC4C[C@@H]5C[C@@H](C5(C)C)[C@]4(C)O3)cc2)cc1. The molecule has 2 aromatic rings. The summed E-state index contributed by atoms with van der Waals surface area (Å²) in [6.07, 6.45) is 6.05. The second-order valence-corrected chi connectivity index (χ2v) is 24.4. The summed E-state index contributed by atoms with van der Waals surface area (Å²) in [4.78, 5) is 93.3. The third-order valence-corrected chi connectivity index (χ3v) is 15.3. The van der Waals surface area contributed by atoms with Crippen molar-refractivity contribution >= 4 is 48.8 Å². The predicted octanol–water partition coefficient (Wildman–Crippen LogP) is 6.78. The monoisotopic (exact) mass is 1090 g/mol. The van der Waals surface area contributed by atoms with E-state index in [0.717, 1.165) is 43.2 Å². The van der Waals surface area contributed by atoms with Gasteiger partial charge in [-0.05, 0) is 179 Å². The summed E-state index contributed by atoms with van der Waals surface area (Å²) in [5, 5.41) is 19.5. The molecular weight excluding hydrogens is 995 g/mol. The van der Waals surface area contributed by atoms with Gasteiger partial charge >= 0.3 is 19.3 Å². The van der Waals surface area contributed by atoms with Crippen LogP contribution in [0.4, 0.5) is 9.59 Å². The lowest BCUT2D eigenvalue weighted by Crippen LogP contribution is -2.65. The van der Waals surface area contributed by atoms with Crippen molar-refractivity contribution in [3.63, 3.8) is 0 Å². The first-order valence-corrected chi connectivity index (χ1v) is 28.3. The Morgan fingerprint density at radius 3 is 1.73 bits per heavy atom. The van der Waals surface area contributed by atoms with Crippen LogP contribution in [-0.4, -0.2) is 121 Å². The van der Waals surface area contributed by atoms with Crippen molar-refractivity contribution in [2.24, 2.45) is 23.0 Å². The fourth-order valence-corrected chi connectivity index (χ4v) is 10.6. The quantitative estimate of drug-likeness (QED) is 0.0340. The van der Waals surface area contributed by atoms with Crippen LogP contribution in [0.25, 0.3) is 11.1 Å². The highest BCUT2D eigenvalue weighted by Crippen LogP contribution is 2.65. The first-order valence-electron chi connectivity index (χ1n) is 28.3. The molecule has 0 spiro atoms. The van der Waals surface area contributed by atoms with Crippen molar-refractivity contribution in [1.82, 2.24) is 37.2 Å². The predicted molar refractivity (Wildman–Crippen MR) is 301 cm³/mol. The summed E-state index contributed by atoms with van der Waals surface area (Å²) in [6, 6.07) is 11.4. The van der Waals surface area contributed by atoms with Crippen molar-refractivity contribution in [2.45, 2.75) is 213 Å². The van der Waals surface area contributed by atoms with Crippen LogP contribution < -0.4 is 43.0 Å². The van der Waals surface area contributed by atoms with E-state index in [2.05, 4.69) is 89.2 Å². The van der Waals surface area contributed by atoms with Crippen LogP contribution in [-0.2, 0) is 44.4 Å². The number of nitrogens with two attached hydrogens (primary N) is 1. The smallest absolute Gasteiger partial charge is 0.444 e. The van der Waals surface area contributed by atoms with Gasteiger partial charge in [-0.2, -0.15) is 0 Å². The highest BCUT2D eigenvalue weighted by Gasteiger charge is 2.68. The van der Waals surface area contributed by atoms with Gasteiger partial charge in [0.15, 0.2) is 0 Å². The molecule has 9 atom stereocenters. The lowest BCUT2D eigenvalue weighted by Gasteiger charge is -2.64. The van der Waals surface area contributed by atoms with E-state index in [1.165, 1.54) is 12.5 Å². The molecule has 3 saturated carbocycles. The average Bonchev–Trinajstić information content (AvgIpc) is 3.93. The topological polar surface area (TPSA) is 267 Å². The van der Waals surface area contributed by atoms with Crippen LogP contribution in [0.5, 0.6) is 0 Å². The maximum Gasteiger partial charge on any atom is 0.481 e. The van der Waals surface area contributed by atoms with Crippen molar-refractivity contribution in [1.29, 1.82) is 0 Å². The average molecular weight is 1090 g/mol. The molecule has 1 aliphatic heterocycles. The third-order valence-electron chi connectivity index (χ3n) is 15.3. The van der Waals surface area contributed by atoms with Crippen molar-refractivity contribution in [3.05, 3.63) is 59.7 Å². The zero-order chi connectivity index (χ0) is 57.6. The number of hydrogen-bond acceptors (Lipinski definition) is 12. The lowest BCUT2D eigenvalue weighted by atomic mass is 9.43. The highest BCUT2D eigenvalue weighted by atomic mass is 16.7. The number of rotatable bonds is 27. The number of unbranched alkanes of at least 4 members (excludes halogenated alkanes) is 3. The molecule has 3 aliphatic carbocycles. The van der Waals surface area contributed by atoms with Gasteiger partial charge < -0.3 is 61.7 Å². The molecule has 7 amide bonds. The number of ether oxygens (including phenoxy) is 2. The first-order chi connectivity index (χ1) is 36.6. The van der Waals surface area contributed by atoms with Crippen LogP contribution in [0.2, 0.25) is 0 Å². The van der Waals surface area contributed by atoms with Gasteiger partial charge in [-0.15, -0.1) is 0 Å². The molecule has 4 fully saturated rings. The van der Waals surface area contributed by atoms with Gasteiger partial charge in [0.1, 0.15) is 29.3 Å². The van der Waals surface area contributed by atoms with Crippen molar-refractivity contribution in [2.75, 3.05) is 19.6 Å². The Balaban J connectivity index is 1.19. The molecule has 78 heavy (non-hydrogen) atoms. The molecule has 2 bridgehead atoms. The molecule has 432 valence electrons. The molecule has 4 aliphatic rings. The summed E-state index contributed by atoms with van der Waals surface area (Å²) in [6.45, 7) is 23.2. The van der Waals surface area contributed by atoms with Gasteiger partial charge in [-0.3, -0.25) is 24.0 Å². The Bertz CT molecular complexity index is 2360. The number of carbonyl (C=O) groups excluding carboxylic acids is 7. The molecule has 1 saturated heterocycles. The molecule has 1 heterocycles. The standard InChI is InChI=1S/C58H91BN8O11/c1-13-14-19-38-22-24-39(25-23-38)40-26-28-41(29-27-40)49(69)61-31-17-15-20-44(67-50(70)43(60)30-33-63-54(74)76-56(7,8)9)51(71)64-36(2)48(68)66-45(21-16-18-32-62-53(73)75-55(4,5)6)52(72)65-37(3)59-77-47-35-42-34-46(57(42,10)11)58(47,12)78-59/h22-29,36-37,42-47H,13-21,30-35,60H2,1-12H3,(H,61,69)(H,62,73)(H,63,74)(H,64,71)(H,65,72)(H,66,68)(H,67,70)/t36-,37-,42-,43-,44-,45-,46-,47?,58-/m0/s1. The molecule has 20 heteroatoms. The minimum Gasteiger partial charge on any atom is -0.444 e. The molecule has 9 N–H and O–H groups in total. The molecule has 0 aromatic heterocycles. The van der Waals surface area contributed by atoms with Gasteiger partial charge in [0.05, 0.1) is 23.7 Å². The molecule has 2 aromatic carbocycles. The molecule has 1 unspecified atom stereocenters. The normalized spacial score (nSPS) is 21.2. The van der Waals surface area contributed by atoms with E-state index in [-0.39, 0.29) is 56.3 Å². The largest absolute Gasteiger partial charge is 0.481 e. The third kappa shape index (κ3) is 18.4. The number of aryl methyl sites for hydroxylation is 1. The number of hydrogen-bond donors (Lipinski definition) is 8. The zero-order valence-corrected chi connectivity index (χ0v) is 48.5. The Morgan fingerprint density at radius 2 is 1.18 bits per heavy atom. The Kier molecular flexibility index (Phi) is 22.6. The van der Waals surface area contributed by atoms with Crippen LogP contribution in [0.3, 0.4) is 0 Å². The van der Waals surface area contributed by atoms with Crippen LogP contribution >= 0.6 is 0 Å². The maximum absolute atomic E-state index is 14.1. The van der Waals surface area contributed by atoms with Gasteiger partial charge in [0.25, 0.3) is 5.91 Å².